The number of hydrogen-bond donors (Lipinski definition) is 2. The number of benzene rings is 1. The summed E-state index contributed by atoms with van der Waals surface area (Å²) in [5, 5.41) is 2.92. The van der Waals surface area contributed by atoms with Crippen molar-refractivity contribution < 1.29 is 4.79 Å². The average molecular weight is 258 g/mol. The van der Waals surface area contributed by atoms with E-state index in [2.05, 4.69) is 10.3 Å². The van der Waals surface area contributed by atoms with Gasteiger partial charge in [-0.3, -0.25) is 4.79 Å². The standard InChI is InChI=1S/C14H18N4O/c1-9-8-11(4-5-12(9)15)14(19)17-10(2)13-16-6-7-18(13)3/h4-8,10H,15H2,1-3H3,(H,17,19). The zero-order chi connectivity index (χ0) is 14.0. The van der Waals surface area contributed by atoms with Gasteiger partial charge in [-0.15, -0.1) is 0 Å². The minimum atomic E-state index is -0.148. The maximum Gasteiger partial charge on any atom is 0.251 e. The molecule has 0 aliphatic carbocycles. The smallest absolute Gasteiger partial charge is 0.251 e. The highest BCUT2D eigenvalue weighted by Crippen LogP contribution is 2.14. The number of hydrogen-bond acceptors (Lipinski definition) is 3. The van der Waals surface area contributed by atoms with Crippen molar-refractivity contribution in [2.75, 3.05) is 5.73 Å². The summed E-state index contributed by atoms with van der Waals surface area (Å²) < 4.78 is 1.89. The largest absolute Gasteiger partial charge is 0.399 e. The van der Waals surface area contributed by atoms with Crippen molar-refractivity contribution in [3.8, 4) is 0 Å². The van der Waals surface area contributed by atoms with Crippen LogP contribution in [-0.2, 0) is 7.05 Å². The van der Waals surface area contributed by atoms with Gasteiger partial charge in [0.15, 0.2) is 0 Å². The highest BCUT2D eigenvalue weighted by molar-refractivity contribution is 5.95. The zero-order valence-electron chi connectivity index (χ0n) is 11.3. The van der Waals surface area contributed by atoms with Crippen LogP contribution in [0, 0.1) is 6.92 Å². The maximum atomic E-state index is 12.1. The fourth-order valence-electron chi connectivity index (χ4n) is 1.96. The Bertz CT molecular complexity index is 603. The molecule has 1 aromatic carbocycles. The van der Waals surface area contributed by atoms with Crippen molar-refractivity contribution >= 4 is 11.6 Å². The Labute approximate surface area is 112 Å². The van der Waals surface area contributed by atoms with E-state index in [1.54, 1.807) is 24.4 Å². The SMILES string of the molecule is Cc1cc(C(=O)NC(C)c2nccn2C)ccc1N. The molecule has 1 amide bonds. The second-order valence-corrected chi connectivity index (χ2v) is 4.66. The number of rotatable bonds is 3. The van der Waals surface area contributed by atoms with Crippen LogP contribution >= 0.6 is 0 Å². The van der Waals surface area contributed by atoms with Crippen LogP contribution in [0.3, 0.4) is 0 Å². The minimum Gasteiger partial charge on any atom is -0.399 e. The zero-order valence-corrected chi connectivity index (χ0v) is 11.3. The van der Waals surface area contributed by atoms with E-state index < -0.39 is 0 Å². The van der Waals surface area contributed by atoms with E-state index in [4.69, 9.17) is 5.73 Å². The molecule has 100 valence electrons. The van der Waals surface area contributed by atoms with Crippen LogP contribution in [0.1, 0.15) is 34.7 Å². The van der Waals surface area contributed by atoms with Gasteiger partial charge in [-0.25, -0.2) is 4.98 Å². The van der Waals surface area contributed by atoms with Gasteiger partial charge in [0.2, 0.25) is 0 Å². The summed E-state index contributed by atoms with van der Waals surface area (Å²) in [4.78, 5) is 16.4. The number of nitrogens with one attached hydrogen (secondary N) is 1. The first-order valence-electron chi connectivity index (χ1n) is 6.13. The Kier molecular flexibility index (Phi) is 3.55. The molecule has 5 heteroatoms. The summed E-state index contributed by atoms with van der Waals surface area (Å²) in [5.74, 6) is 0.694. The third-order valence-corrected chi connectivity index (χ3v) is 3.13. The van der Waals surface area contributed by atoms with E-state index >= 15 is 0 Å². The summed E-state index contributed by atoms with van der Waals surface area (Å²) in [6.45, 7) is 3.79. The Balaban J connectivity index is 2.13. The van der Waals surface area contributed by atoms with Gasteiger partial charge in [0.25, 0.3) is 5.91 Å². The Morgan fingerprint density at radius 2 is 2.21 bits per heavy atom. The third kappa shape index (κ3) is 2.76. The lowest BCUT2D eigenvalue weighted by Gasteiger charge is -2.14. The lowest BCUT2D eigenvalue weighted by Crippen LogP contribution is -2.28. The minimum absolute atomic E-state index is 0.126. The lowest BCUT2D eigenvalue weighted by molar-refractivity contribution is 0.0938. The van der Waals surface area contributed by atoms with Crippen LogP contribution in [0.2, 0.25) is 0 Å². The Hall–Kier alpha value is -2.30. The number of aryl methyl sites for hydroxylation is 2. The average Bonchev–Trinajstić information content (AvgIpc) is 2.79. The van der Waals surface area contributed by atoms with Crippen LogP contribution < -0.4 is 11.1 Å². The van der Waals surface area contributed by atoms with Crippen molar-refractivity contribution in [2.24, 2.45) is 7.05 Å². The first-order valence-corrected chi connectivity index (χ1v) is 6.13. The molecule has 19 heavy (non-hydrogen) atoms. The van der Waals surface area contributed by atoms with Crippen molar-refractivity contribution in [3.63, 3.8) is 0 Å². The van der Waals surface area contributed by atoms with Gasteiger partial charge in [-0.2, -0.15) is 0 Å². The molecular weight excluding hydrogens is 240 g/mol. The molecule has 0 saturated heterocycles. The van der Waals surface area contributed by atoms with Crippen molar-refractivity contribution in [1.29, 1.82) is 0 Å². The fraction of sp³-hybridized carbons (Fsp3) is 0.286. The highest BCUT2D eigenvalue weighted by atomic mass is 16.1. The molecule has 1 atom stereocenters. The molecule has 0 bridgehead atoms. The van der Waals surface area contributed by atoms with Crippen molar-refractivity contribution in [2.45, 2.75) is 19.9 Å². The Morgan fingerprint density at radius 1 is 1.47 bits per heavy atom. The summed E-state index contributed by atoms with van der Waals surface area (Å²) in [6, 6.07) is 5.11. The molecule has 1 aromatic heterocycles. The molecule has 0 saturated carbocycles. The van der Waals surface area contributed by atoms with E-state index in [-0.39, 0.29) is 11.9 Å². The molecule has 1 unspecified atom stereocenters. The summed E-state index contributed by atoms with van der Waals surface area (Å²) >= 11 is 0. The fourth-order valence-corrected chi connectivity index (χ4v) is 1.96. The number of anilines is 1. The van der Waals surface area contributed by atoms with Gasteiger partial charge >= 0.3 is 0 Å². The van der Waals surface area contributed by atoms with Gasteiger partial charge in [-0.05, 0) is 37.6 Å². The van der Waals surface area contributed by atoms with Crippen LogP contribution in [0.25, 0.3) is 0 Å². The number of carbonyl (C=O) groups is 1. The third-order valence-electron chi connectivity index (χ3n) is 3.13. The Morgan fingerprint density at radius 3 is 2.79 bits per heavy atom. The normalized spacial score (nSPS) is 12.2. The topological polar surface area (TPSA) is 72.9 Å². The number of nitrogen functional groups attached to an aromatic ring is 1. The van der Waals surface area contributed by atoms with E-state index in [9.17, 15) is 4.79 Å². The number of carbonyl (C=O) groups excluding carboxylic acids is 1. The monoisotopic (exact) mass is 258 g/mol. The van der Waals surface area contributed by atoms with Crippen molar-refractivity contribution in [3.05, 3.63) is 47.5 Å². The maximum absolute atomic E-state index is 12.1. The number of amides is 1. The first-order chi connectivity index (χ1) is 8.99. The molecule has 1 heterocycles. The molecule has 5 nitrogen and oxygen atoms in total. The van der Waals surface area contributed by atoms with E-state index in [1.807, 2.05) is 31.7 Å². The van der Waals surface area contributed by atoms with Gasteiger partial charge < -0.3 is 15.6 Å². The van der Waals surface area contributed by atoms with Gasteiger partial charge in [0.05, 0.1) is 6.04 Å². The van der Waals surface area contributed by atoms with E-state index in [1.165, 1.54) is 0 Å². The predicted molar refractivity (Wildman–Crippen MR) is 74.7 cm³/mol. The van der Waals surface area contributed by atoms with Crippen LogP contribution in [0.4, 0.5) is 5.69 Å². The second-order valence-electron chi connectivity index (χ2n) is 4.66. The predicted octanol–water partition coefficient (Wildman–Crippen LogP) is 1.80. The molecule has 2 aromatic rings. The molecule has 0 fully saturated rings. The molecule has 2 rings (SSSR count). The van der Waals surface area contributed by atoms with Crippen LogP contribution in [0.15, 0.2) is 30.6 Å². The highest BCUT2D eigenvalue weighted by Gasteiger charge is 2.14. The molecular formula is C14H18N4O. The number of aromatic nitrogens is 2. The van der Waals surface area contributed by atoms with Gasteiger partial charge in [0.1, 0.15) is 5.82 Å². The lowest BCUT2D eigenvalue weighted by atomic mass is 10.1. The molecule has 3 N–H and O–H groups in total. The number of nitrogens with zero attached hydrogens (tertiary/aromatic N) is 2. The van der Waals surface area contributed by atoms with Gasteiger partial charge in [0, 0.05) is 30.7 Å². The van der Waals surface area contributed by atoms with Crippen LogP contribution in [0.5, 0.6) is 0 Å². The summed E-state index contributed by atoms with van der Waals surface area (Å²) in [6.07, 6.45) is 3.57. The first kappa shape index (κ1) is 13.1. The molecule has 0 radical (unpaired) electrons. The quantitative estimate of drug-likeness (QED) is 0.824. The summed E-state index contributed by atoms with van der Waals surface area (Å²) in [7, 11) is 1.90. The van der Waals surface area contributed by atoms with E-state index in [0.29, 0.717) is 11.3 Å². The number of imidazole rings is 1. The summed E-state index contributed by atoms with van der Waals surface area (Å²) in [5.41, 5.74) is 7.94. The molecule has 0 spiro atoms. The second kappa shape index (κ2) is 5.14. The van der Waals surface area contributed by atoms with Crippen molar-refractivity contribution in [1.82, 2.24) is 14.9 Å². The van der Waals surface area contributed by atoms with Crippen LogP contribution in [-0.4, -0.2) is 15.5 Å². The number of nitrogens with two attached hydrogens (primary N) is 1. The van der Waals surface area contributed by atoms with Gasteiger partial charge in [-0.1, -0.05) is 0 Å². The molecule has 0 aliphatic rings. The molecule has 0 aliphatic heterocycles. The van der Waals surface area contributed by atoms with E-state index in [0.717, 1.165) is 11.4 Å².